The number of benzene rings is 1. The fourth-order valence-electron chi connectivity index (χ4n) is 3.36. The molecule has 7 nitrogen and oxygen atoms in total. The minimum absolute atomic E-state index is 0.643. The van der Waals surface area contributed by atoms with Crippen molar-refractivity contribution in [2.75, 3.05) is 56.5 Å². The molecule has 1 fully saturated rings. The van der Waals surface area contributed by atoms with Crippen LogP contribution in [-0.4, -0.2) is 61.2 Å². The number of rotatable bonds is 5. The number of nitrogens with one attached hydrogen (secondary N) is 1. The largest absolute Gasteiger partial charge is 0.450 e. The normalized spacial score (nSPS) is 15.9. The lowest BCUT2D eigenvalue weighted by Gasteiger charge is -2.33. The van der Waals surface area contributed by atoms with E-state index in [1.54, 1.807) is 0 Å². The third-order valence-electron chi connectivity index (χ3n) is 4.92. The first-order chi connectivity index (χ1) is 12.7. The monoisotopic (exact) mass is 354 g/mol. The highest BCUT2D eigenvalue weighted by Gasteiger charge is 2.23. The molecule has 0 bridgehead atoms. The summed E-state index contributed by atoms with van der Waals surface area (Å²) in [4.78, 5) is 14.2. The molecule has 1 saturated heterocycles. The van der Waals surface area contributed by atoms with Gasteiger partial charge in [0.15, 0.2) is 11.4 Å². The van der Waals surface area contributed by atoms with E-state index in [1.165, 1.54) is 5.56 Å². The predicted octanol–water partition coefficient (Wildman–Crippen LogP) is 2.20. The van der Waals surface area contributed by atoms with E-state index in [4.69, 9.17) is 20.1 Å². The maximum Gasteiger partial charge on any atom is 0.225 e. The zero-order valence-electron chi connectivity index (χ0n) is 15.5. The Morgan fingerprint density at radius 1 is 1.19 bits per heavy atom. The van der Waals surface area contributed by atoms with Crippen molar-refractivity contribution < 1.29 is 4.42 Å². The van der Waals surface area contributed by atoms with Crippen molar-refractivity contribution in [1.82, 2.24) is 14.9 Å². The SMILES string of the molecule is Cc1ccc2oc3c(N4CCN(C)CC4)nc(NCCCN)nc3c2c1. The van der Waals surface area contributed by atoms with Gasteiger partial charge >= 0.3 is 0 Å². The zero-order valence-corrected chi connectivity index (χ0v) is 15.5. The summed E-state index contributed by atoms with van der Waals surface area (Å²) in [6.07, 6.45) is 0.885. The molecule has 0 radical (unpaired) electrons. The highest BCUT2D eigenvalue weighted by Crippen LogP contribution is 2.34. The first kappa shape index (κ1) is 17.1. The molecule has 0 saturated carbocycles. The molecule has 7 heteroatoms. The molecule has 1 aromatic carbocycles. The lowest BCUT2D eigenvalue weighted by atomic mass is 10.1. The lowest BCUT2D eigenvalue weighted by molar-refractivity contribution is 0.312. The van der Waals surface area contributed by atoms with Crippen molar-refractivity contribution in [3.8, 4) is 0 Å². The molecule has 138 valence electrons. The summed E-state index contributed by atoms with van der Waals surface area (Å²) in [6, 6.07) is 6.21. The third-order valence-corrected chi connectivity index (χ3v) is 4.92. The second-order valence-corrected chi connectivity index (χ2v) is 7.01. The van der Waals surface area contributed by atoms with Crippen LogP contribution in [0.5, 0.6) is 0 Å². The maximum atomic E-state index is 6.17. The number of nitrogens with two attached hydrogens (primary N) is 1. The predicted molar refractivity (Wildman–Crippen MR) is 106 cm³/mol. The average Bonchev–Trinajstić information content (AvgIpc) is 3.00. The van der Waals surface area contributed by atoms with E-state index in [-0.39, 0.29) is 0 Å². The molecule has 3 aromatic rings. The summed E-state index contributed by atoms with van der Waals surface area (Å²) < 4.78 is 6.17. The minimum atomic E-state index is 0.643. The van der Waals surface area contributed by atoms with Gasteiger partial charge in [0, 0.05) is 38.1 Å². The summed E-state index contributed by atoms with van der Waals surface area (Å²) >= 11 is 0. The minimum Gasteiger partial charge on any atom is -0.450 e. The van der Waals surface area contributed by atoms with Crippen LogP contribution in [0.25, 0.3) is 22.1 Å². The van der Waals surface area contributed by atoms with Gasteiger partial charge in [-0.2, -0.15) is 4.98 Å². The number of aromatic nitrogens is 2. The fourth-order valence-corrected chi connectivity index (χ4v) is 3.36. The molecule has 0 aliphatic carbocycles. The molecular weight excluding hydrogens is 328 g/mol. The summed E-state index contributed by atoms with van der Waals surface area (Å²) in [7, 11) is 2.15. The lowest BCUT2D eigenvalue weighted by Crippen LogP contribution is -2.45. The smallest absolute Gasteiger partial charge is 0.225 e. The molecule has 0 atom stereocenters. The van der Waals surface area contributed by atoms with Gasteiger partial charge in [0.2, 0.25) is 5.95 Å². The standard InChI is InChI=1S/C19H26N6O/c1-13-4-5-15-14(12-13)16-17(26-15)18(25-10-8-24(2)9-11-25)23-19(22-16)21-7-3-6-20/h4-5,12H,3,6-11,20H2,1-2H3,(H,21,22,23). The Bertz CT molecular complexity index is 913. The van der Waals surface area contributed by atoms with Crippen LogP contribution in [0.4, 0.5) is 11.8 Å². The number of nitrogens with zero attached hydrogens (tertiary/aromatic N) is 4. The van der Waals surface area contributed by atoms with E-state index in [2.05, 4.69) is 41.2 Å². The van der Waals surface area contributed by atoms with Gasteiger partial charge in [-0.1, -0.05) is 11.6 Å². The van der Waals surface area contributed by atoms with E-state index in [0.29, 0.717) is 12.5 Å². The summed E-state index contributed by atoms with van der Waals surface area (Å²) in [5, 5.41) is 4.36. The Hall–Kier alpha value is -2.38. The van der Waals surface area contributed by atoms with Gasteiger partial charge in [0.25, 0.3) is 0 Å². The molecule has 26 heavy (non-hydrogen) atoms. The molecule has 0 unspecified atom stereocenters. The van der Waals surface area contributed by atoms with Gasteiger partial charge in [-0.05, 0) is 39.1 Å². The van der Waals surface area contributed by atoms with Crippen molar-refractivity contribution in [2.45, 2.75) is 13.3 Å². The first-order valence-corrected chi connectivity index (χ1v) is 9.24. The van der Waals surface area contributed by atoms with Crippen molar-refractivity contribution in [3.05, 3.63) is 23.8 Å². The van der Waals surface area contributed by atoms with Crippen LogP contribution in [0.1, 0.15) is 12.0 Å². The number of hydrogen-bond donors (Lipinski definition) is 2. The maximum absolute atomic E-state index is 6.17. The van der Waals surface area contributed by atoms with Crippen molar-refractivity contribution in [1.29, 1.82) is 0 Å². The van der Waals surface area contributed by atoms with E-state index >= 15 is 0 Å². The van der Waals surface area contributed by atoms with Crippen LogP contribution in [0.2, 0.25) is 0 Å². The van der Waals surface area contributed by atoms with Gasteiger partial charge in [-0.15, -0.1) is 0 Å². The first-order valence-electron chi connectivity index (χ1n) is 9.24. The van der Waals surface area contributed by atoms with Gasteiger partial charge in [0.05, 0.1) is 0 Å². The average molecular weight is 354 g/mol. The molecule has 3 N–H and O–H groups in total. The van der Waals surface area contributed by atoms with E-state index in [1.807, 2.05) is 6.07 Å². The van der Waals surface area contributed by atoms with Gasteiger partial charge in [-0.3, -0.25) is 0 Å². The van der Waals surface area contributed by atoms with Crippen LogP contribution >= 0.6 is 0 Å². The highest BCUT2D eigenvalue weighted by molar-refractivity contribution is 6.06. The molecule has 1 aliphatic heterocycles. The van der Waals surface area contributed by atoms with Crippen molar-refractivity contribution >= 4 is 33.8 Å². The van der Waals surface area contributed by atoms with Gasteiger partial charge in [-0.25, -0.2) is 4.98 Å². The summed E-state index contributed by atoms with van der Waals surface area (Å²) in [6.45, 7) is 7.39. The third kappa shape index (κ3) is 3.20. The number of likely N-dealkylation sites (N-methyl/N-ethyl adjacent to an activating group) is 1. The van der Waals surface area contributed by atoms with Crippen LogP contribution in [0.3, 0.4) is 0 Å². The van der Waals surface area contributed by atoms with Crippen LogP contribution in [-0.2, 0) is 0 Å². The number of fused-ring (bicyclic) bond motifs is 3. The molecule has 0 amide bonds. The summed E-state index contributed by atoms with van der Waals surface area (Å²) in [5.74, 6) is 1.52. The zero-order chi connectivity index (χ0) is 18.1. The Kier molecular flexibility index (Phi) is 4.65. The molecule has 4 rings (SSSR count). The van der Waals surface area contributed by atoms with Crippen LogP contribution in [0, 0.1) is 6.92 Å². The topological polar surface area (TPSA) is 83.5 Å². The van der Waals surface area contributed by atoms with Gasteiger partial charge < -0.3 is 25.3 Å². The highest BCUT2D eigenvalue weighted by atomic mass is 16.3. The van der Waals surface area contributed by atoms with Crippen molar-refractivity contribution in [3.63, 3.8) is 0 Å². The Morgan fingerprint density at radius 2 is 2.00 bits per heavy atom. The van der Waals surface area contributed by atoms with E-state index in [0.717, 1.165) is 67.0 Å². The van der Waals surface area contributed by atoms with Crippen LogP contribution in [0.15, 0.2) is 22.6 Å². The van der Waals surface area contributed by atoms with Gasteiger partial charge in [0.1, 0.15) is 11.1 Å². The number of furan rings is 1. The van der Waals surface area contributed by atoms with Crippen LogP contribution < -0.4 is 16.0 Å². The molecule has 1 aliphatic rings. The number of anilines is 2. The Balaban J connectivity index is 1.82. The quantitative estimate of drug-likeness (QED) is 0.680. The fraction of sp³-hybridized carbons (Fsp3) is 0.474. The molecule has 0 spiro atoms. The number of piperazine rings is 1. The van der Waals surface area contributed by atoms with Crippen molar-refractivity contribution in [2.24, 2.45) is 5.73 Å². The molecule has 2 aromatic heterocycles. The Labute approximate surface area is 153 Å². The second-order valence-electron chi connectivity index (χ2n) is 7.01. The molecule has 3 heterocycles. The number of hydrogen-bond acceptors (Lipinski definition) is 7. The molecular formula is C19H26N6O. The Morgan fingerprint density at radius 3 is 2.77 bits per heavy atom. The van der Waals surface area contributed by atoms with E-state index < -0.39 is 0 Å². The number of aryl methyl sites for hydroxylation is 1. The van der Waals surface area contributed by atoms with E-state index in [9.17, 15) is 0 Å². The second kappa shape index (κ2) is 7.09. The summed E-state index contributed by atoms with van der Waals surface area (Å²) in [5.41, 5.74) is 9.31.